The van der Waals surface area contributed by atoms with Gasteiger partial charge in [-0.15, -0.1) is 11.3 Å². The maximum atomic E-state index is 5.19. The van der Waals surface area contributed by atoms with E-state index in [9.17, 15) is 0 Å². The van der Waals surface area contributed by atoms with Gasteiger partial charge >= 0.3 is 0 Å². The lowest BCUT2D eigenvalue weighted by Gasteiger charge is -2.17. The average molecular weight is 340 g/mol. The minimum absolute atomic E-state index is 0.375. The molecule has 1 aromatic heterocycles. The summed E-state index contributed by atoms with van der Waals surface area (Å²) in [5.74, 6) is 0.902. The summed E-state index contributed by atoms with van der Waals surface area (Å²) < 4.78 is 6.38. The summed E-state index contributed by atoms with van der Waals surface area (Å²) >= 11 is 5.34. The number of methoxy groups -OCH3 is 1. The van der Waals surface area contributed by atoms with Crippen molar-refractivity contribution in [2.24, 2.45) is 0 Å². The molecule has 2 aromatic rings. The van der Waals surface area contributed by atoms with E-state index in [-0.39, 0.29) is 0 Å². The molecule has 102 valence electrons. The van der Waals surface area contributed by atoms with E-state index in [0.717, 1.165) is 18.7 Å². The average Bonchev–Trinajstić information content (AvgIpc) is 2.86. The molecule has 0 amide bonds. The number of rotatable bonds is 6. The van der Waals surface area contributed by atoms with Gasteiger partial charge in [0.2, 0.25) is 0 Å². The Kier molecular flexibility index (Phi) is 5.43. The van der Waals surface area contributed by atoms with Crippen LogP contribution in [0.4, 0.5) is 0 Å². The molecule has 0 aliphatic carbocycles. The topological polar surface area (TPSA) is 21.3 Å². The molecule has 0 radical (unpaired) electrons. The zero-order chi connectivity index (χ0) is 13.7. The molecule has 2 rings (SSSR count). The lowest BCUT2D eigenvalue weighted by Crippen LogP contribution is -2.19. The van der Waals surface area contributed by atoms with E-state index < -0.39 is 0 Å². The molecule has 0 aliphatic heterocycles. The van der Waals surface area contributed by atoms with Gasteiger partial charge in [0.05, 0.1) is 7.11 Å². The Morgan fingerprint density at radius 3 is 2.53 bits per heavy atom. The van der Waals surface area contributed by atoms with Gasteiger partial charge in [0, 0.05) is 21.9 Å². The molecule has 0 saturated carbocycles. The molecular weight excluding hydrogens is 322 g/mol. The van der Waals surface area contributed by atoms with Crippen molar-refractivity contribution in [1.82, 2.24) is 5.32 Å². The van der Waals surface area contributed by atoms with Gasteiger partial charge in [-0.1, -0.05) is 19.1 Å². The normalized spacial score (nSPS) is 12.4. The van der Waals surface area contributed by atoms with Crippen LogP contribution in [0.3, 0.4) is 0 Å². The molecule has 1 heterocycles. The lowest BCUT2D eigenvalue weighted by molar-refractivity contribution is 0.414. The van der Waals surface area contributed by atoms with Crippen LogP contribution in [0, 0.1) is 0 Å². The maximum Gasteiger partial charge on any atom is 0.118 e. The van der Waals surface area contributed by atoms with Crippen LogP contribution in [0.25, 0.3) is 0 Å². The van der Waals surface area contributed by atoms with E-state index >= 15 is 0 Å². The van der Waals surface area contributed by atoms with E-state index in [4.69, 9.17) is 4.74 Å². The van der Waals surface area contributed by atoms with Crippen molar-refractivity contribution in [3.05, 3.63) is 50.6 Å². The highest BCUT2D eigenvalue weighted by Crippen LogP contribution is 2.25. The number of benzene rings is 1. The molecule has 19 heavy (non-hydrogen) atoms. The summed E-state index contributed by atoms with van der Waals surface area (Å²) in [4.78, 5) is 1.34. The Labute approximate surface area is 126 Å². The molecule has 0 fully saturated rings. The number of hydrogen-bond donors (Lipinski definition) is 1. The van der Waals surface area contributed by atoms with Crippen molar-refractivity contribution in [3.63, 3.8) is 0 Å². The number of hydrogen-bond acceptors (Lipinski definition) is 3. The molecule has 0 bridgehead atoms. The van der Waals surface area contributed by atoms with Crippen molar-refractivity contribution >= 4 is 27.3 Å². The molecule has 0 aliphatic rings. The largest absolute Gasteiger partial charge is 0.497 e. The minimum atomic E-state index is 0.375. The Balaban J connectivity index is 2.01. The molecule has 1 N–H and O–H groups in total. The first-order valence-electron chi connectivity index (χ1n) is 6.33. The standard InChI is InChI=1S/C15H18BrNOS/c1-3-14(11-4-6-12(18-2)7-5-11)17-10-15-13(16)8-9-19-15/h4-9,14,17H,3,10H2,1-2H3. The summed E-state index contributed by atoms with van der Waals surface area (Å²) in [7, 11) is 1.69. The molecule has 2 nitrogen and oxygen atoms in total. The Morgan fingerprint density at radius 1 is 1.26 bits per heavy atom. The number of thiophene rings is 1. The van der Waals surface area contributed by atoms with E-state index in [1.165, 1.54) is 14.9 Å². The van der Waals surface area contributed by atoms with Crippen LogP contribution in [0.1, 0.15) is 29.8 Å². The van der Waals surface area contributed by atoms with Crippen LogP contribution in [-0.4, -0.2) is 7.11 Å². The van der Waals surface area contributed by atoms with Crippen LogP contribution < -0.4 is 10.1 Å². The van der Waals surface area contributed by atoms with Gasteiger partial charge in [-0.25, -0.2) is 0 Å². The highest BCUT2D eigenvalue weighted by atomic mass is 79.9. The zero-order valence-corrected chi connectivity index (χ0v) is 13.6. The Bertz CT molecular complexity index is 509. The quantitative estimate of drug-likeness (QED) is 0.819. The van der Waals surface area contributed by atoms with Gasteiger partial charge in [0.25, 0.3) is 0 Å². The van der Waals surface area contributed by atoms with Gasteiger partial charge in [0.1, 0.15) is 5.75 Å². The van der Waals surface area contributed by atoms with Gasteiger partial charge in [-0.3, -0.25) is 0 Å². The minimum Gasteiger partial charge on any atom is -0.497 e. The summed E-state index contributed by atoms with van der Waals surface area (Å²) in [6.07, 6.45) is 1.06. The van der Waals surface area contributed by atoms with Crippen molar-refractivity contribution in [1.29, 1.82) is 0 Å². The first kappa shape index (κ1) is 14.6. The molecule has 1 atom stereocenters. The first-order valence-corrected chi connectivity index (χ1v) is 8.01. The van der Waals surface area contributed by atoms with Crippen molar-refractivity contribution in [2.45, 2.75) is 25.9 Å². The molecular formula is C15H18BrNOS. The second-order valence-electron chi connectivity index (χ2n) is 4.31. The fraction of sp³-hybridized carbons (Fsp3) is 0.333. The van der Waals surface area contributed by atoms with E-state index in [1.54, 1.807) is 18.4 Å². The second kappa shape index (κ2) is 7.08. The number of halogens is 1. The predicted octanol–water partition coefficient (Wildman–Crippen LogP) is 4.76. The summed E-state index contributed by atoms with van der Waals surface area (Å²) in [6, 6.07) is 10.8. The third-order valence-corrected chi connectivity index (χ3v) is 5.05. The predicted molar refractivity (Wildman–Crippen MR) is 84.9 cm³/mol. The lowest BCUT2D eigenvalue weighted by atomic mass is 10.0. The molecule has 0 saturated heterocycles. The van der Waals surface area contributed by atoms with Gasteiger partial charge in [0.15, 0.2) is 0 Å². The fourth-order valence-corrected chi connectivity index (χ4v) is 3.44. The first-order chi connectivity index (χ1) is 9.24. The van der Waals surface area contributed by atoms with Crippen LogP contribution >= 0.6 is 27.3 Å². The zero-order valence-electron chi connectivity index (χ0n) is 11.2. The fourth-order valence-electron chi connectivity index (χ4n) is 2.00. The molecule has 0 spiro atoms. The monoisotopic (exact) mass is 339 g/mol. The highest BCUT2D eigenvalue weighted by Gasteiger charge is 2.10. The third kappa shape index (κ3) is 3.81. The van der Waals surface area contributed by atoms with Gasteiger partial charge in [-0.05, 0) is 51.5 Å². The van der Waals surface area contributed by atoms with Crippen molar-refractivity contribution < 1.29 is 4.74 Å². The Hall–Kier alpha value is -0.840. The molecule has 1 unspecified atom stereocenters. The van der Waals surface area contributed by atoms with Gasteiger partial charge < -0.3 is 10.1 Å². The number of nitrogens with one attached hydrogen (secondary N) is 1. The molecule has 1 aromatic carbocycles. The second-order valence-corrected chi connectivity index (χ2v) is 6.16. The van der Waals surface area contributed by atoms with E-state index in [1.807, 2.05) is 12.1 Å². The summed E-state index contributed by atoms with van der Waals surface area (Å²) in [5.41, 5.74) is 1.30. The third-order valence-electron chi connectivity index (χ3n) is 3.13. The highest BCUT2D eigenvalue weighted by molar-refractivity contribution is 9.10. The SMILES string of the molecule is CCC(NCc1sccc1Br)c1ccc(OC)cc1. The summed E-state index contributed by atoms with van der Waals surface area (Å²) in [5, 5.41) is 5.71. The van der Waals surface area contributed by atoms with Crippen LogP contribution in [0.2, 0.25) is 0 Å². The summed E-state index contributed by atoms with van der Waals surface area (Å²) in [6.45, 7) is 3.09. The Morgan fingerprint density at radius 2 is 2.00 bits per heavy atom. The van der Waals surface area contributed by atoms with Crippen molar-refractivity contribution in [3.8, 4) is 5.75 Å². The van der Waals surface area contributed by atoms with Crippen molar-refractivity contribution in [2.75, 3.05) is 7.11 Å². The van der Waals surface area contributed by atoms with E-state index in [0.29, 0.717) is 6.04 Å². The van der Waals surface area contributed by atoms with Gasteiger partial charge in [-0.2, -0.15) is 0 Å². The smallest absolute Gasteiger partial charge is 0.118 e. The molecule has 4 heteroatoms. The van der Waals surface area contributed by atoms with Crippen LogP contribution in [0.15, 0.2) is 40.2 Å². The maximum absolute atomic E-state index is 5.19. The van der Waals surface area contributed by atoms with Crippen LogP contribution in [-0.2, 0) is 6.54 Å². The number of ether oxygens (including phenoxy) is 1. The van der Waals surface area contributed by atoms with Crippen LogP contribution in [0.5, 0.6) is 5.75 Å². The van der Waals surface area contributed by atoms with E-state index in [2.05, 4.69) is 51.7 Å².